The zero-order valence-corrected chi connectivity index (χ0v) is 9.14. The minimum absolute atomic E-state index is 0.302. The molecule has 0 bridgehead atoms. The SMILES string of the molecule is N=C(c1ccncc1)c1cc(N)c(N)cc1N. The van der Waals surface area contributed by atoms with Gasteiger partial charge in [0.05, 0.1) is 17.1 Å². The van der Waals surface area contributed by atoms with Crippen molar-refractivity contribution >= 4 is 22.8 Å². The maximum Gasteiger partial charge on any atom is 0.0707 e. The van der Waals surface area contributed by atoms with E-state index in [1.165, 1.54) is 0 Å². The molecule has 0 spiro atoms. The Labute approximate surface area is 98.8 Å². The molecule has 5 heteroatoms. The fourth-order valence-electron chi connectivity index (χ4n) is 1.54. The smallest absolute Gasteiger partial charge is 0.0707 e. The molecular formula is C12H13N5. The van der Waals surface area contributed by atoms with Gasteiger partial charge in [-0.2, -0.15) is 0 Å². The van der Waals surface area contributed by atoms with Gasteiger partial charge in [0.15, 0.2) is 0 Å². The molecule has 0 aliphatic heterocycles. The number of nitrogens with zero attached hydrogens (tertiary/aromatic N) is 1. The first-order valence-corrected chi connectivity index (χ1v) is 5.03. The molecule has 17 heavy (non-hydrogen) atoms. The fourth-order valence-corrected chi connectivity index (χ4v) is 1.54. The summed E-state index contributed by atoms with van der Waals surface area (Å²) in [5, 5.41) is 8.07. The third kappa shape index (κ3) is 2.03. The molecule has 0 saturated carbocycles. The second kappa shape index (κ2) is 4.13. The minimum Gasteiger partial charge on any atom is -0.398 e. The first kappa shape index (κ1) is 10.9. The van der Waals surface area contributed by atoms with Gasteiger partial charge in [-0.25, -0.2) is 0 Å². The molecule has 0 aliphatic rings. The van der Waals surface area contributed by atoms with E-state index >= 15 is 0 Å². The Balaban J connectivity index is 2.48. The van der Waals surface area contributed by atoms with Crippen LogP contribution in [0.5, 0.6) is 0 Å². The molecule has 5 nitrogen and oxygen atoms in total. The summed E-state index contributed by atoms with van der Waals surface area (Å²) >= 11 is 0. The van der Waals surface area contributed by atoms with Gasteiger partial charge in [-0.1, -0.05) is 0 Å². The van der Waals surface area contributed by atoms with E-state index in [-0.39, 0.29) is 0 Å². The van der Waals surface area contributed by atoms with Crippen molar-refractivity contribution in [3.8, 4) is 0 Å². The van der Waals surface area contributed by atoms with E-state index in [1.54, 1.807) is 36.7 Å². The van der Waals surface area contributed by atoms with Crippen LogP contribution in [0.2, 0.25) is 0 Å². The third-order valence-corrected chi connectivity index (χ3v) is 2.49. The molecule has 7 N–H and O–H groups in total. The Kier molecular flexibility index (Phi) is 2.66. The van der Waals surface area contributed by atoms with Gasteiger partial charge >= 0.3 is 0 Å². The predicted octanol–water partition coefficient (Wildman–Crippen LogP) is 1.24. The van der Waals surface area contributed by atoms with Crippen molar-refractivity contribution in [2.45, 2.75) is 0 Å². The van der Waals surface area contributed by atoms with Crippen LogP contribution in [0.25, 0.3) is 0 Å². The van der Waals surface area contributed by atoms with Crippen molar-refractivity contribution in [3.05, 3.63) is 47.8 Å². The lowest BCUT2D eigenvalue weighted by Crippen LogP contribution is -2.08. The van der Waals surface area contributed by atoms with E-state index in [0.717, 1.165) is 5.56 Å². The quantitative estimate of drug-likeness (QED) is 0.456. The van der Waals surface area contributed by atoms with E-state index in [0.29, 0.717) is 28.3 Å². The molecule has 2 rings (SSSR count). The Hall–Kier alpha value is -2.56. The van der Waals surface area contributed by atoms with Crippen molar-refractivity contribution in [3.63, 3.8) is 0 Å². The molecular weight excluding hydrogens is 214 g/mol. The number of anilines is 3. The number of nitrogens with one attached hydrogen (secondary N) is 1. The van der Waals surface area contributed by atoms with Crippen LogP contribution in [-0.4, -0.2) is 10.7 Å². The van der Waals surface area contributed by atoms with E-state index in [9.17, 15) is 0 Å². The lowest BCUT2D eigenvalue weighted by Gasteiger charge is -2.10. The highest BCUT2D eigenvalue weighted by Crippen LogP contribution is 2.24. The van der Waals surface area contributed by atoms with Gasteiger partial charge in [-0.3, -0.25) is 10.4 Å². The van der Waals surface area contributed by atoms with Crippen molar-refractivity contribution in [2.75, 3.05) is 17.2 Å². The van der Waals surface area contributed by atoms with Gasteiger partial charge in [0.25, 0.3) is 0 Å². The number of nitrogen functional groups attached to an aromatic ring is 3. The minimum atomic E-state index is 0.302. The lowest BCUT2D eigenvalue weighted by atomic mass is 10.0. The molecule has 0 atom stereocenters. The highest BCUT2D eigenvalue weighted by atomic mass is 14.7. The zero-order chi connectivity index (χ0) is 12.4. The molecule has 0 radical (unpaired) electrons. The van der Waals surface area contributed by atoms with Gasteiger partial charge in [0.1, 0.15) is 0 Å². The van der Waals surface area contributed by atoms with Crippen LogP contribution in [0.4, 0.5) is 17.1 Å². The normalized spacial score (nSPS) is 10.1. The van der Waals surface area contributed by atoms with Gasteiger partial charge in [0.2, 0.25) is 0 Å². The van der Waals surface area contributed by atoms with Crippen molar-refractivity contribution in [1.29, 1.82) is 5.41 Å². The van der Waals surface area contributed by atoms with Crippen LogP contribution in [0, 0.1) is 5.41 Å². The number of hydrogen-bond acceptors (Lipinski definition) is 5. The monoisotopic (exact) mass is 227 g/mol. The fraction of sp³-hybridized carbons (Fsp3) is 0. The number of pyridine rings is 1. The van der Waals surface area contributed by atoms with Crippen LogP contribution in [0.3, 0.4) is 0 Å². The first-order chi connectivity index (χ1) is 8.09. The summed E-state index contributed by atoms with van der Waals surface area (Å²) in [4.78, 5) is 3.90. The van der Waals surface area contributed by atoms with Crippen LogP contribution in [0.1, 0.15) is 11.1 Å². The van der Waals surface area contributed by atoms with Crippen LogP contribution in [-0.2, 0) is 0 Å². The number of aromatic nitrogens is 1. The molecule has 1 aromatic carbocycles. The second-order valence-electron chi connectivity index (χ2n) is 3.68. The highest BCUT2D eigenvalue weighted by Gasteiger charge is 2.10. The molecule has 1 aromatic heterocycles. The number of hydrogen-bond donors (Lipinski definition) is 4. The van der Waals surface area contributed by atoms with Crippen molar-refractivity contribution in [1.82, 2.24) is 4.98 Å². The second-order valence-corrected chi connectivity index (χ2v) is 3.68. The highest BCUT2D eigenvalue weighted by molar-refractivity contribution is 6.14. The molecule has 0 saturated heterocycles. The molecule has 0 amide bonds. The molecule has 2 aromatic rings. The van der Waals surface area contributed by atoms with Gasteiger partial charge < -0.3 is 17.2 Å². The third-order valence-electron chi connectivity index (χ3n) is 2.49. The van der Waals surface area contributed by atoms with Crippen LogP contribution < -0.4 is 17.2 Å². The Morgan fingerprint density at radius 1 is 0.941 bits per heavy atom. The van der Waals surface area contributed by atoms with Crippen molar-refractivity contribution < 1.29 is 0 Å². The zero-order valence-electron chi connectivity index (χ0n) is 9.14. The Morgan fingerprint density at radius 3 is 2.18 bits per heavy atom. The van der Waals surface area contributed by atoms with Gasteiger partial charge in [0, 0.05) is 29.2 Å². The molecule has 0 fully saturated rings. The van der Waals surface area contributed by atoms with Crippen LogP contribution >= 0.6 is 0 Å². The average Bonchev–Trinajstić information content (AvgIpc) is 2.34. The predicted molar refractivity (Wildman–Crippen MR) is 69.8 cm³/mol. The van der Waals surface area contributed by atoms with Crippen molar-refractivity contribution in [2.24, 2.45) is 0 Å². The topological polar surface area (TPSA) is 115 Å². The molecule has 86 valence electrons. The van der Waals surface area contributed by atoms with E-state index in [2.05, 4.69) is 4.98 Å². The van der Waals surface area contributed by atoms with E-state index < -0.39 is 0 Å². The number of rotatable bonds is 2. The lowest BCUT2D eigenvalue weighted by molar-refractivity contribution is 1.31. The summed E-state index contributed by atoms with van der Waals surface area (Å²) in [5.41, 5.74) is 20.1. The summed E-state index contributed by atoms with van der Waals surface area (Å²) < 4.78 is 0. The number of benzene rings is 1. The Morgan fingerprint density at radius 2 is 1.53 bits per heavy atom. The average molecular weight is 227 g/mol. The number of nitrogens with two attached hydrogens (primary N) is 3. The summed E-state index contributed by atoms with van der Waals surface area (Å²) in [6, 6.07) is 6.68. The van der Waals surface area contributed by atoms with Gasteiger partial charge in [-0.15, -0.1) is 0 Å². The van der Waals surface area contributed by atoms with E-state index in [1.807, 2.05) is 0 Å². The Bertz CT molecular complexity index is 563. The van der Waals surface area contributed by atoms with E-state index in [4.69, 9.17) is 22.6 Å². The maximum absolute atomic E-state index is 8.07. The van der Waals surface area contributed by atoms with Gasteiger partial charge in [-0.05, 0) is 24.3 Å². The maximum atomic E-state index is 8.07. The summed E-state index contributed by atoms with van der Waals surface area (Å²) in [5.74, 6) is 0. The summed E-state index contributed by atoms with van der Waals surface area (Å²) in [7, 11) is 0. The molecule has 0 aliphatic carbocycles. The largest absolute Gasteiger partial charge is 0.398 e. The molecule has 0 unspecified atom stereocenters. The first-order valence-electron chi connectivity index (χ1n) is 5.03. The summed E-state index contributed by atoms with van der Waals surface area (Å²) in [6.45, 7) is 0. The molecule has 1 heterocycles. The van der Waals surface area contributed by atoms with Crippen LogP contribution in [0.15, 0.2) is 36.7 Å². The summed E-state index contributed by atoms with van der Waals surface area (Å²) in [6.07, 6.45) is 3.25. The standard InChI is InChI=1S/C12H13N5/c13-9-6-11(15)10(14)5-8(9)12(16)7-1-3-17-4-2-7/h1-6,16H,13-15H2.